The molecule has 2 amide bonds. The molecule has 1 saturated carbocycles. The molecule has 0 bridgehead atoms. The quantitative estimate of drug-likeness (QED) is 0.847. The number of hydrogen-bond donors (Lipinski definition) is 2. The first-order valence-electron chi connectivity index (χ1n) is 8.13. The molecule has 1 aliphatic rings. The molecule has 1 aromatic rings. The number of benzene rings is 1. The van der Waals surface area contributed by atoms with E-state index in [0.29, 0.717) is 12.3 Å². The van der Waals surface area contributed by atoms with Crippen molar-refractivity contribution in [3.05, 3.63) is 29.8 Å². The van der Waals surface area contributed by atoms with Crippen LogP contribution in [0.2, 0.25) is 0 Å². The third-order valence-electron chi connectivity index (χ3n) is 4.31. The SMILES string of the molecule is CCC(C)NC(=O)C1CC1C(=O)Nc1ccc(C(C)C)cc1. The fourth-order valence-electron chi connectivity index (χ4n) is 2.41. The molecule has 2 N–H and O–H groups in total. The van der Waals surface area contributed by atoms with E-state index in [-0.39, 0.29) is 29.7 Å². The molecule has 0 aromatic heterocycles. The summed E-state index contributed by atoms with van der Waals surface area (Å²) in [6.45, 7) is 8.28. The van der Waals surface area contributed by atoms with Gasteiger partial charge in [-0.25, -0.2) is 0 Å². The van der Waals surface area contributed by atoms with Crippen molar-refractivity contribution in [2.45, 2.75) is 52.5 Å². The predicted molar refractivity (Wildman–Crippen MR) is 88.7 cm³/mol. The Kier molecular flexibility index (Phi) is 5.22. The number of anilines is 1. The zero-order chi connectivity index (χ0) is 16.3. The first kappa shape index (κ1) is 16.5. The lowest BCUT2D eigenvalue weighted by atomic mass is 10.0. The standard InChI is InChI=1S/C18H26N2O2/c1-5-12(4)19-17(21)15-10-16(15)18(22)20-14-8-6-13(7-9-14)11(2)3/h6-9,11-12,15-16H,5,10H2,1-4H3,(H,19,21)(H,20,22). The van der Waals surface area contributed by atoms with Crippen LogP contribution in [0.5, 0.6) is 0 Å². The van der Waals surface area contributed by atoms with Gasteiger partial charge in [0.05, 0.1) is 11.8 Å². The first-order chi connectivity index (χ1) is 10.4. The molecule has 0 saturated heterocycles. The van der Waals surface area contributed by atoms with Gasteiger partial charge >= 0.3 is 0 Å². The van der Waals surface area contributed by atoms with Crippen molar-refractivity contribution in [2.75, 3.05) is 5.32 Å². The summed E-state index contributed by atoms with van der Waals surface area (Å²) >= 11 is 0. The van der Waals surface area contributed by atoms with Crippen LogP contribution in [0.15, 0.2) is 24.3 Å². The second-order valence-corrected chi connectivity index (χ2v) is 6.53. The highest BCUT2D eigenvalue weighted by molar-refractivity contribution is 5.99. The predicted octanol–water partition coefficient (Wildman–Crippen LogP) is 3.30. The molecule has 22 heavy (non-hydrogen) atoms. The highest BCUT2D eigenvalue weighted by Crippen LogP contribution is 2.39. The maximum Gasteiger partial charge on any atom is 0.228 e. The summed E-state index contributed by atoms with van der Waals surface area (Å²) in [7, 11) is 0. The summed E-state index contributed by atoms with van der Waals surface area (Å²) in [6.07, 6.45) is 1.55. The Hall–Kier alpha value is -1.84. The van der Waals surface area contributed by atoms with Gasteiger partial charge in [0.1, 0.15) is 0 Å². The Morgan fingerprint density at radius 1 is 1.09 bits per heavy atom. The summed E-state index contributed by atoms with van der Waals surface area (Å²) in [6, 6.07) is 8.06. The average Bonchev–Trinajstić information content (AvgIpc) is 3.28. The lowest BCUT2D eigenvalue weighted by Crippen LogP contribution is -2.34. The highest BCUT2D eigenvalue weighted by atomic mass is 16.2. The van der Waals surface area contributed by atoms with Gasteiger partial charge in [0.2, 0.25) is 11.8 Å². The van der Waals surface area contributed by atoms with Crippen LogP contribution in [-0.4, -0.2) is 17.9 Å². The molecule has 0 heterocycles. The van der Waals surface area contributed by atoms with Gasteiger partial charge in [0.15, 0.2) is 0 Å². The van der Waals surface area contributed by atoms with Gasteiger partial charge in [-0.1, -0.05) is 32.9 Å². The number of nitrogens with one attached hydrogen (secondary N) is 2. The minimum Gasteiger partial charge on any atom is -0.353 e. The van der Waals surface area contributed by atoms with Crippen LogP contribution in [0.3, 0.4) is 0 Å². The lowest BCUT2D eigenvalue weighted by Gasteiger charge is -2.11. The van der Waals surface area contributed by atoms with Crippen LogP contribution in [0, 0.1) is 11.8 Å². The van der Waals surface area contributed by atoms with Crippen LogP contribution in [-0.2, 0) is 9.59 Å². The van der Waals surface area contributed by atoms with E-state index >= 15 is 0 Å². The second-order valence-electron chi connectivity index (χ2n) is 6.53. The van der Waals surface area contributed by atoms with Crippen molar-refractivity contribution in [3.63, 3.8) is 0 Å². The zero-order valence-electron chi connectivity index (χ0n) is 13.8. The van der Waals surface area contributed by atoms with E-state index in [9.17, 15) is 9.59 Å². The fraction of sp³-hybridized carbons (Fsp3) is 0.556. The Morgan fingerprint density at radius 3 is 2.23 bits per heavy atom. The largest absolute Gasteiger partial charge is 0.353 e. The van der Waals surface area contributed by atoms with Gasteiger partial charge in [0, 0.05) is 11.7 Å². The van der Waals surface area contributed by atoms with Gasteiger partial charge in [-0.15, -0.1) is 0 Å². The van der Waals surface area contributed by atoms with E-state index in [4.69, 9.17) is 0 Å². The topological polar surface area (TPSA) is 58.2 Å². The van der Waals surface area contributed by atoms with E-state index in [1.165, 1.54) is 5.56 Å². The molecule has 2 rings (SSSR count). The van der Waals surface area contributed by atoms with E-state index in [1.54, 1.807) is 0 Å². The summed E-state index contributed by atoms with van der Waals surface area (Å²) in [5.41, 5.74) is 2.04. The monoisotopic (exact) mass is 302 g/mol. The lowest BCUT2D eigenvalue weighted by molar-refractivity contribution is -0.125. The van der Waals surface area contributed by atoms with E-state index < -0.39 is 0 Å². The van der Waals surface area contributed by atoms with Crippen molar-refractivity contribution in [1.29, 1.82) is 0 Å². The molecule has 3 unspecified atom stereocenters. The Balaban J connectivity index is 1.85. The third-order valence-corrected chi connectivity index (χ3v) is 4.31. The molecule has 0 aliphatic heterocycles. The fourth-order valence-corrected chi connectivity index (χ4v) is 2.41. The molecule has 0 radical (unpaired) electrons. The Bertz CT molecular complexity index is 537. The number of carbonyl (C=O) groups excluding carboxylic acids is 2. The van der Waals surface area contributed by atoms with Gasteiger partial charge in [-0.05, 0) is 43.4 Å². The number of carbonyl (C=O) groups is 2. The molecule has 120 valence electrons. The molecule has 4 nitrogen and oxygen atoms in total. The Labute approximate surface area is 132 Å². The van der Waals surface area contributed by atoms with Gasteiger partial charge in [-0.3, -0.25) is 9.59 Å². The van der Waals surface area contributed by atoms with Gasteiger partial charge < -0.3 is 10.6 Å². The van der Waals surface area contributed by atoms with Crippen LogP contribution in [0.25, 0.3) is 0 Å². The van der Waals surface area contributed by atoms with Crippen LogP contribution in [0.1, 0.15) is 52.0 Å². The third kappa shape index (κ3) is 4.09. The van der Waals surface area contributed by atoms with Crippen LogP contribution in [0.4, 0.5) is 5.69 Å². The average molecular weight is 302 g/mol. The van der Waals surface area contributed by atoms with E-state index in [1.807, 2.05) is 38.1 Å². The minimum absolute atomic E-state index is 0.00431. The molecule has 1 aromatic carbocycles. The maximum atomic E-state index is 12.2. The molecular weight excluding hydrogens is 276 g/mol. The molecule has 1 aliphatic carbocycles. The normalized spacial score (nSPS) is 21.3. The number of hydrogen-bond acceptors (Lipinski definition) is 2. The van der Waals surface area contributed by atoms with E-state index in [0.717, 1.165) is 12.1 Å². The van der Waals surface area contributed by atoms with E-state index in [2.05, 4.69) is 24.5 Å². The summed E-state index contributed by atoms with van der Waals surface area (Å²) < 4.78 is 0. The van der Waals surface area contributed by atoms with Crippen molar-refractivity contribution in [2.24, 2.45) is 11.8 Å². The zero-order valence-corrected chi connectivity index (χ0v) is 13.8. The van der Waals surface area contributed by atoms with Crippen LogP contribution >= 0.6 is 0 Å². The minimum atomic E-state index is -0.186. The van der Waals surface area contributed by atoms with Crippen molar-refractivity contribution < 1.29 is 9.59 Å². The molecule has 1 fully saturated rings. The summed E-state index contributed by atoms with van der Waals surface area (Å²) in [5.74, 6) is 0.0749. The summed E-state index contributed by atoms with van der Waals surface area (Å²) in [4.78, 5) is 24.1. The number of amides is 2. The highest BCUT2D eigenvalue weighted by Gasteiger charge is 2.48. The molecule has 4 heteroatoms. The smallest absolute Gasteiger partial charge is 0.228 e. The first-order valence-corrected chi connectivity index (χ1v) is 8.13. The molecule has 3 atom stereocenters. The van der Waals surface area contributed by atoms with Gasteiger partial charge in [0.25, 0.3) is 0 Å². The van der Waals surface area contributed by atoms with Crippen molar-refractivity contribution in [3.8, 4) is 0 Å². The van der Waals surface area contributed by atoms with Crippen LogP contribution < -0.4 is 10.6 Å². The van der Waals surface area contributed by atoms with Crippen molar-refractivity contribution >= 4 is 17.5 Å². The van der Waals surface area contributed by atoms with Gasteiger partial charge in [-0.2, -0.15) is 0 Å². The second kappa shape index (κ2) is 6.95. The number of rotatable bonds is 6. The molecule has 0 spiro atoms. The van der Waals surface area contributed by atoms with Crippen molar-refractivity contribution in [1.82, 2.24) is 5.32 Å². The molecular formula is C18H26N2O2. The summed E-state index contributed by atoms with van der Waals surface area (Å²) in [5, 5.41) is 5.84. The maximum absolute atomic E-state index is 12.2. The Morgan fingerprint density at radius 2 is 1.68 bits per heavy atom.